The molecule has 0 unspecified atom stereocenters. The minimum absolute atomic E-state index is 0.0340. The van der Waals surface area contributed by atoms with Crippen LogP contribution >= 0.6 is 31.9 Å². The van der Waals surface area contributed by atoms with Crippen LogP contribution in [0.5, 0.6) is 0 Å². The minimum atomic E-state index is -0.430. The summed E-state index contributed by atoms with van der Waals surface area (Å²) in [5, 5.41) is 0. The monoisotopic (exact) mass is 516 g/mol. The zero-order valence-electron chi connectivity index (χ0n) is 17.6. The third-order valence-electron chi connectivity index (χ3n) is 9.58. The number of hydrogen-bond acceptors (Lipinski definition) is 3. The Morgan fingerprint density at radius 3 is 2.32 bits per heavy atom. The quantitative estimate of drug-likeness (QED) is 0.330. The van der Waals surface area contributed by atoms with Gasteiger partial charge < -0.3 is 4.74 Å². The van der Waals surface area contributed by atoms with Crippen molar-refractivity contribution >= 4 is 43.6 Å². The maximum Gasteiger partial charge on any atom is 0.302 e. The van der Waals surface area contributed by atoms with E-state index in [1.165, 1.54) is 32.6 Å². The molecule has 5 heteroatoms. The number of alkyl halides is 2. The Bertz CT molecular complexity index is 681. The van der Waals surface area contributed by atoms with Gasteiger partial charge in [0.15, 0.2) is 0 Å². The summed E-state index contributed by atoms with van der Waals surface area (Å²) in [4.78, 5) is 24.3. The van der Waals surface area contributed by atoms with Gasteiger partial charge in [0.25, 0.3) is 0 Å². The second-order valence-corrected chi connectivity index (χ2v) is 12.9. The van der Waals surface area contributed by atoms with Crippen LogP contribution in [0, 0.1) is 34.5 Å². The van der Waals surface area contributed by atoms with Crippen LogP contribution in [0.4, 0.5) is 0 Å². The van der Waals surface area contributed by atoms with Gasteiger partial charge in [-0.25, -0.2) is 0 Å². The van der Waals surface area contributed by atoms with Crippen LogP contribution in [0.15, 0.2) is 0 Å². The molecule has 4 fully saturated rings. The minimum Gasteiger partial charge on any atom is -0.463 e. The summed E-state index contributed by atoms with van der Waals surface area (Å²) in [6, 6.07) is 0. The van der Waals surface area contributed by atoms with E-state index >= 15 is 0 Å². The Morgan fingerprint density at radius 1 is 0.964 bits per heavy atom. The second-order valence-electron chi connectivity index (χ2n) is 10.6. The van der Waals surface area contributed by atoms with Crippen molar-refractivity contribution in [3.05, 3.63) is 0 Å². The lowest BCUT2D eigenvalue weighted by Crippen LogP contribution is -2.57. The zero-order valence-corrected chi connectivity index (χ0v) is 20.8. The van der Waals surface area contributed by atoms with Crippen molar-refractivity contribution < 1.29 is 14.3 Å². The molecule has 28 heavy (non-hydrogen) atoms. The number of carbonyl (C=O) groups excluding carboxylic acids is 2. The molecule has 0 radical (unpaired) electrons. The molecule has 0 aromatic carbocycles. The van der Waals surface area contributed by atoms with E-state index in [2.05, 4.69) is 45.7 Å². The lowest BCUT2D eigenvalue weighted by Gasteiger charge is -2.61. The highest BCUT2D eigenvalue weighted by molar-refractivity contribution is 9.12. The van der Waals surface area contributed by atoms with Crippen molar-refractivity contribution in [3.63, 3.8) is 0 Å². The van der Waals surface area contributed by atoms with Gasteiger partial charge in [-0.05, 0) is 92.8 Å². The maximum atomic E-state index is 12.7. The fraction of sp³-hybridized carbons (Fsp3) is 0.913. The van der Waals surface area contributed by atoms with Crippen molar-refractivity contribution in [3.8, 4) is 0 Å². The predicted molar refractivity (Wildman–Crippen MR) is 118 cm³/mol. The number of ether oxygens (including phenoxy) is 1. The van der Waals surface area contributed by atoms with Gasteiger partial charge in [0, 0.05) is 11.8 Å². The van der Waals surface area contributed by atoms with Crippen LogP contribution in [-0.4, -0.2) is 27.0 Å². The first kappa shape index (κ1) is 21.3. The third-order valence-corrected chi connectivity index (χ3v) is 13.3. The SMILES string of the molecule is CC(=O)O[C@H]1CC[C@@]2(C)[C@H](CC[C@@H]3[C@@H]2CC[C@@]2(C)[C@H]3C[C@@H](Br)[C@@]2(Br)C(C)=O)C1. The fourth-order valence-electron chi connectivity index (χ4n) is 8.13. The topological polar surface area (TPSA) is 43.4 Å². The highest BCUT2D eigenvalue weighted by atomic mass is 79.9. The van der Waals surface area contributed by atoms with E-state index in [0.29, 0.717) is 23.2 Å². The van der Waals surface area contributed by atoms with Gasteiger partial charge in [-0.2, -0.15) is 0 Å². The Hall–Kier alpha value is 0.1000. The average molecular weight is 518 g/mol. The summed E-state index contributed by atoms with van der Waals surface area (Å²) < 4.78 is 5.16. The molecule has 3 nitrogen and oxygen atoms in total. The molecule has 4 aliphatic rings. The van der Waals surface area contributed by atoms with Gasteiger partial charge in [0.05, 0.1) is 0 Å². The summed E-state index contributed by atoms with van der Waals surface area (Å²) in [7, 11) is 0. The maximum absolute atomic E-state index is 12.7. The molecule has 0 N–H and O–H groups in total. The van der Waals surface area contributed by atoms with Crippen molar-refractivity contribution in [1.29, 1.82) is 0 Å². The summed E-state index contributed by atoms with van der Waals surface area (Å²) in [6.45, 7) is 8.19. The van der Waals surface area contributed by atoms with E-state index in [9.17, 15) is 9.59 Å². The normalized spacial score (nSPS) is 52.9. The van der Waals surface area contributed by atoms with E-state index in [1.54, 1.807) is 6.92 Å². The van der Waals surface area contributed by atoms with Crippen molar-refractivity contribution in [2.75, 3.05) is 0 Å². The van der Waals surface area contributed by atoms with Gasteiger partial charge in [-0.1, -0.05) is 45.7 Å². The molecular formula is C23H34Br2O3. The molecule has 0 heterocycles. The number of rotatable bonds is 2. The van der Waals surface area contributed by atoms with Crippen molar-refractivity contribution in [2.45, 2.75) is 94.3 Å². The number of ketones is 1. The molecule has 0 bridgehead atoms. The Balaban J connectivity index is 1.59. The largest absolute Gasteiger partial charge is 0.463 e. The van der Waals surface area contributed by atoms with E-state index in [0.717, 1.165) is 31.6 Å². The van der Waals surface area contributed by atoms with Gasteiger partial charge >= 0.3 is 5.97 Å². The molecule has 158 valence electrons. The Morgan fingerprint density at radius 2 is 1.68 bits per heavy atom. The molecular weight excluding hydrogens is 484 g/mol. The first-order valence-corrected chi connectivity index (χ1v) is 12.8. The summed E-state index contributed by atoms with van der Waals surface area (Å²) >= 11 is 7.86. The lowest BCUT2D eigenvalue weighted by molar-refractivity contribution is -0.160. The molecule has 9 atom stereocenters. The number of esters is 1. The second kappa shape index (κ2) is 7.07. The molecule has 0 aromatic rings. The summed E-state index contributed by atoms with van der Waals surface area (Å²) in [5.74, 6) is 2.86. The van der Waals surface area contributed by atoms with Gasteiger partial charge in [0.1, 0.15) is 16.2 Å². The van der Waals surface area contributed by atoms with Crippen LogP contribution in [0.3, 0.4) is 0 Å². The van der Waals surface area contributed by atoms with Gasteiger partial charge in [-0.3, -0.25) is 9.59 Å². The molecule has 4 saturated carbocycles. The molecule has 0 spiro atoms. The average Bonchev–Trinajstić information content (AvgIpc) is 2.83. The van der Waals surface area contributed by atoms with Crippen LogP contribution in [-0.2, 0) is 14.3 Å². The van der Waals surface area contributed by atoms with Crippen LogP contribution in [0.25, 0.3) is 0 Å². The van der Waals surface area contributed by atoms with Crippen molar-refractivity contribution in [1.82, 2.24) is 0 Å². The molecule has 4 rings (SSSR count). The molecule has 4 aliphatic carbocycles. The summed E-state index contributed by atoms with van der Waals surface area (Å²) in [5.41, 5.74) is 0.392. The van der Waals surface area contributed by atoms with Crippen LogP contribution in [0.1, 0.15) is 79.1 Å². The molecule has 0 amide bonds. The highest BCUT2D eigenvalue weighted by Crippen LogP contribution is 2.71. The standard InChI is InChI=1S/C23H34Br2O3/c1-13(26)23(25)20(24)12-19-17-6-5-15-11-16(28-14(2)27)7-9-21(15,3)18(17)8-10-22(19,23)4/h15-20H,5-12H2,1-4H3/t15-,16+,17-,18+,19+,20-,21+,22+,23+/m1/s1. The van der Waals surface area contributed by atoms with Gasteiger partial charge in [-0.15, -0.1) is 0 Å². The smallest absolute Gasteiger partial charge is 0.302 e. The number of halogens is 2. The number of fused-ring (bicyclic) bond motifs is 5. The van der Waals surface area contributed by atoms with Gasteiger partial charge in [0.2, 0.25) is 0 Å². The van der Waals surface area contributed by atoms with Crippen LogP contribution in [0.2, 0.25) is 0 Å². The Labute approximate surface area is 186 Å². The van der Waals surface area contributed by atoms with E-state index in [-0.39, 0.29) is 28.1 Å². The molecule has 0 aromatic heterocycles. The van der Waals surface area contributed by atoms with Crippen LogP contribution < -0.4 is 0 Å². The molecule has 0 aliphatic heterocycles. The van der Waals surface area contributed by atoms with E-state index in [1.807, 2.05) is 0 Å². The number of Topliss-reactive ketones (excluding diaryl/α,β-unsaturated/α-hetero) is 1. The number of hydrogen-bond donors (Lipinski definition) is 0. The zero-order chi connectivity index (χ0) is 20.5. The lowest BCUT2D eigenvalue weighted by atomic mass is 9.44. The molecule has 0 saturated heterocycles. The summed E-state index contributed by atoms with van der Waals surface area (Å²) in [6.07, 6.45) is 9.29. The first-order chi connectivity index (χ1) is 13.0. The number of carbonyl (C=O) groups is 2. The van der Waals surface area contributed by atoms with E-state index < -0.39 is 4.32 Å². The van der Waals surface area contributed by atoms with Crippen molar-refractivity contribution in [2.24, 2.45) is 34.5 Å². The van der Waals surface area contributed by atoms with E-state index in [4.69, 9.17) is 4.74 Å². The first-order valence-electron chi connectivity index (χ1n) is 11.0. The Kier molecular flexibility index (Phi) is 5.39. The fourth-order valence-corrected chi connectivity index (χ4v) is 10.1. The predicted octanol–water partition coefficient (Wildman–Crippen LogP) is 6.06. The highest BCUT2D eigenvalue weighted by Gasteiger charge is 2.68. The third kappa shape index (κ3) is 2.84.